The number of carboxylic acid groups (broad SMARTS) is 1. The molecule has 7 heteroatoms. The number of aliphatic carboxylic acids is 1. The van der Waals surface area contributed by atoms with E-state index in [0.717, 1.165) is 18.4 Å². The van der Waals surface area contributed by atoms with Gasteiger partial charge in [-0.25, -0.2) is 0 Å². The van der Waals surface area contributed by atoms with Crippen molar-refractivity contribution in [2.45, 2.75) is 50.7 Å². The zero-order valence-corrected chi connectivity index (χ0v) is 16.4. The van der Waals surface area contributed by atoms with E-state index in [1.54, 1.807) is 17.8 Å². The highest BCUT2D eigenvalue weighted by Gasteiger charge is 2.17. The quantitative estimate of drug-likeness (QED) is 0.530. The average molecular weight is 393 g/mol. The summed E-state index contributed by atoms with van der Waals surface area (Å²) in [6.07, 6.45) is 6.52. The highest BCUT2D eigenvalue weighted by atomic mass is 32.2. The fourth-order valence-electron chi connectivity index (χ4n) is 3.20. The van der Waals surface area contributed by atoms with Crippen molar-refractivity contribution in [1.29, 1.82) is 0 Å². The maximum absolute atomic E-state index is 12.1. The Kier molecular flexibility index (Phi) is 9.18. The van der Waals surface area contributed by atoms with Crippen LogP contribution in [0.15, 0.2) is 24.3 Å². The fraction of sp³-hybridized carbons (Fsp3) is 0.550. The Balaban J connectivity index is 1.69. The second-order valence-corrected chi connectivity index (χ2v) is 8.03. The minimum atomic E-state index is -0.797. The van der Waals surface area contributed by atoms with Gasteiger partial charge in [-0.05, 0) is 36.5 Å². The van der Waals surface area contributed by atoms with Crippen LogP contribution in [0.5, 0.6) is 0 Å². The molecule has 1 aromatic carbocycles. The molecule has 27 heavy (non-hydrogen) atoms. The lowest BCUT2D eigenvalue weighted by Crippen LogP contribution is -2.34. The van der Waals surface area contributed by atoms with Crippen LogP contribution in [0, 0.1) is 5.92 Å². The molecule has 0 bridgehead atoms. The fourth-order valence-corrected chi connectivity index (χ4v) is 4.08. The van der Waals surface area contributed by atoms with E-state index in [1.807, 2.05) is 18.2 Å². The number of rotatable bonds is 10. The number of hydrogen-bond donors (Lipinski definition) is 3. The largest absolute Gasteiger partial charge is 0.481 e. The van der Waals surface area contributed by atoms with Gasteiger partial charge in [-0.15, -0.1) is 0 Å². The van der Waals surface area contributed by atoms with Crippen molar-refractivity contribution >= 4 is 35.2 Å². The molecule has 0 spiro atoms. The van der Waals surface area contributed by atoms with Crippen LogP contribution < -0.4 is 10.6 Å². The predicted molar refractivity (Wildman–Crippen MR) is 108 cm³/mol. The van der Waals surface area contributed by atoms with Gasteiger partial charge < -0.3 is 15.7 Å². The van der Waals surface area contributed by atoms with Crippen molar-refractivity contribution in [1.82, 2.24) is 5.32 Å². The van der Waals surface area contributed by atoms with Gasteiger partial charge in [0, 0.05) is 23.6 Å². The number of hydrogen-bond acceptors (Lipinski definition) is 4. The zero-order valence-electron chi connectivity index (χ0n) is 15.5. The molecule has 6 nitrogen and oxygen atoms in total. The molecule has 2 amide bonds. The third-order valence-electron chi connectivity index (χ3n) is 4.58. The van der Waals surface area contributed by atoms with E-state index in [9.17, 15) is 14.4 Å². The highest BCUT2D eigenvalue weighted by Crippen LogP contribution is 2.26. The molecule has 0 saturated heterocycles. The van der Waals surface area contributed by atoms with E-state index in [0.29, 0.717) is 29.5 Å². The molecule has 0 heterocycles. The first-order valence-corrected chi connectivity index (χ1v) is 10.6. The summed E-state index contributed by atoms with van der Waals surface area (Å²) in [6, 6.07) is 7.46. The number of anilines is 1. The SMILES string of the molecule is O=C(O)CCSCc1cccc(NC(=O)CNC(=O)CC2CCCCC2)c1. The van der Waals surface area contributed by atoms with Gasteiger partial charge in [0.1, 0.15) is 0 Å². The van der Waals surface area contributed by atoms with Crippen molar-refractivity contribution in [2.24, 2.45) is 5.92 Å². The first-order valence-electron chi connectivity index (χ1n) is 9.48. The van der Waals surface area contributed by atoms with E-state index in [2.05, 4.69) is 10.6 Å². The molecule has 3 N–H and O–H groups in total. The van der Waals surface area contributed by atoms with Gasteiger partial charge in [0.05, 0.1) is 13.0 Å². The Bertz CT molecular complexity index is 645. The van der Waals surface area contributed by atoms with Crippen LogP contribution in [0.3, 0.4) is 0 Å². The summed E-state index contributed by atoms with van der Waals surface area (Å²) in [7, 11) is 0. The molecule has 1 aliphatic rings. The van der Waals surface area contributed by atoms with Gasteiger partial charge in [0.15, 0.2) is 0 Å². The number of carbonyl (C=O) groups is 3. The molecule has 0 aromatic heterocycles. The van der Waals surface area contributed by atoms with Crippen molar-refractivity contribution < 1.29 is 19.5 Å². The minimum absolute atomic E-state index is 0.0247. The van der Waals surface area contributed by atoms with Gasteiger partial charge >= 0.3 is 5.97 Å². The van der Waals surface area contributed by atoms with E-state index >= 15 is 0 Å². The highest BCUT2D eigenvalue weighted by molar-refractivity contribution is 7.98. The molecule has 1 fully saturated rings. The number of benzene rings is 1. The van der Waals surface area contributed by atoms with E-state index < -0.39 is 5.97 Å². The second kappa shape index (κ2) is 11.6. The third-order valence-corrected chi connectivity index (χ3v) is 5.61. The maximum Gasteiger partial charge on any atom is 0.304 e. The van der Waals surface area contributed by atoms with Crippen LogP contribution in [-0.4, -0.2) is 35.2 Å². The Labute approximate surface area is 164 Å². The summed E-state index contributed by atoms with van der Waals surface area (Å²) in [5.41, 5.74) is 1.70. The van der Waals surface area contributed by atoms with Crippen LogP contribution in [0.2, 0.25) is 0 Å². The van der Waals surface area contributed by atoms with Crippen LogP contribution in [0.1, 0.15) is 50.5 Å². The van der Waals surface area contributed by atoms with Crippen molar-refractivity contribution in [2.75, 3.05) is 17.6 Å². The van der Waals surface area contributed by atoms with Gasteiger partial charge in [0.25, 0.3) is 0 Å². The van der Waals surface area contributed by atoms with Crippen LogP contribution in [0.25, 0.3) is 0 Å². The normalized spacial score (nSPS) is 14.5. The summed E-state index contributed by atoms with van der Waals surface area (Å²) < 4.78 is 0. The Morgan fingerprint density at radius 1 is 1.11 bits per heavy atom. The molecular formula is C20H28N2O4S. The number of carboxylic acids is 1. The Morgan fingerprint density at radius 2 is 1.89 bits per heavy atom. The monoisotopic (exact) mass is 392 g/mol. The van der Waals surface area contributed by atoms with E-state index in [4.69, 9.17) is 5.11 Å². The number of nitrogens with one attached hydrogen (secondary N) is 2. The first kappa shape index (κ1) is 21.3. The van der Waals surface area contributed by atoms with Crippen molar-refractivity contribution in [3.8, 4) is 0 Å². The summed E-state index contributed by atoms with van der Waals surface area (Å²) in [4.78, 5) is 34.6. The maximum atomic E-state index is 12.1. The summed E-state index contributed by atoms with van der Waals surface area (Å²) in [5, 5.41) is 14.1. The molecule has 2 rings (SSSR count). The number of amides is 2. The molecule has 1 saturated carbocycles. The molecule has 0 radical (unpaired) electrons. The summed E-state index contributed by atoms with van der Waals surface area (Å²) in [5.74, 6) is 0.600. The van der Waals surface area contributed by atoms with Crippen molar-refractivity contribution in [3.63, 3.8) is 0 Å². The molecule has 0 atom stereocenters. The number of thioether (sulfide) groups is 1. The number of carbonyl (C=O) groups excluding carboxylic acids is 2. The zero-order chi connectivity index (χ0) is 19.5. The second-order valence-electron chi connectivity index (χ2n) is 6.93. The van der Waals surface area contributed by atoms with Crippen molar-refractivity contribution in [3.05, 3.63) is 29.8 Å². The Hall–Kier alpha value is -2.02. The molecule has 1 aromatic rings. The van der Waals surface area contributed by atoms with Crippen LogP contribution in [-0.2, 0) is 20.1 Å². The van der Waals surface area contributed by atoms with E-state index in [-0.39, 0.29) is 24.8 Å². The van der Waals surface area contributed by atoms with Gasteiger partial charge in [-0.2, -0.15) is 11.8 Å². The Morgan fingerprint density at radius 3 is 2.63 bits per heavy atom. The molecule has 1 aliphatic carbocycles. The lowest BCUT2D eigenvalue weighted by atomic mass is 9.87. The van der Waals surface area contributed by atoms with Gasteiger partial charge in [-0.1, -0.05) is 31.4 Å². The first-order chi connectivity index (χ1) is 13.0. The standard InChI is InChI=1S/C20H28N2O4S/c23-18(12-15-5-2-1-3-6-15)21-13-19(24)22-17-8-4-7-16(11-17)14-27-10-9-20(25)26/h4,7-8,11,15H,1-3,5-6,9-10,12-14H2,(H,21,23)(H,22,24)(H,25,26). The predicted octanol–water partition coefficient (Wildman–Crippen LogP) is 3.42. The van der Waals surface area contributed by atoms with Gasteiger partial charge in [-0.3, -0.25) is 14.4 Å². The summed E-state index contributed by atoms with van der Waals surface area (Å²) >= 11 is 1.54. The molecule has 0 aliphatic heterocycles. The van der Waals surface area contributed by atoms with E-state index in [1.165, 1.54) is 19.3 Å². The average Bonchev–Trinajstić information content (AvgIpc) is 2.65. The van der Waals surface area contributed by atoms with Crippen LogP contribution in [0.4, 0.5) is 5.69 Å². The lowest BCUT2D eigenvalue weighted by molar-refractivity contribution is -0.136. The topological polar surface area (TPSA) is 95.5 Å². The molecule has 0 unspecified atom stereocenters. The molecular weight excluding hydrogens is 364 g/mol. The van der Waals surface area contributed by atoms with Crippen LogP contribution >= 0.6 is 11.8 Å². The minimum Gasteiger partial charge on any atom is -0.481 e. The lowest BCUT2D eigenvalue weighted by Gasteiger charge is -2.20. The summed E-state index contributed by atoms with van der Waals surface area (Å²) in [6.45, 7) is -0.0247. The third kappa shape index (κ3) is 8.95. The smallest absolute Gasteiger partial charge is 0.304 e. The van der Waals surface area contributed by atoms with Gasteiger partial charge in [0.2, 0.25) is 11.8 Å². The molecule has 148 valence electrons.